The summed E-state index contributed by atoms with van der Waals surface area (Å²) in [6.45, 7) is 9.90. The Kier molecular flexibility index (Phi) is 7.80. The largest absolute Gasteiger partial charge is 0.461 e. The van der Waals surface area contributed by atoms with Crippen molar-refractivity contribution in [2.45, 2.75) is 58.4 Å². The van der Waals surface area contributed by atoms with Crippen LogP contribution in [0.3, 0.4) is 0 Å². The normalized spacial score (nSPS) is 15.0. The maximum Gasteiger partial charge on any atom is 0.306 e. The molecular formula is C19H29NO3S. The van der Waals surface area contributed by atoms with Crippen LogP contribution in [0, 0.1) is 11.8 Å². The molecule has 134 valence electrons. The number of hydrogen-bond donors (Lipinski definition) is 2. The predicted octanol–water partition coefficient (Wildman–Crippen LogP) is 3.61. The number of carbonyl (C=O) groups is 2. The zero-order valence-electron chi connectivity index (χ0n) is 15.2. The van der Waals surface area contributed by atoms with Gasteiger partial charge in [-0.1, -0.05) is 44.2 Å². The zero-order valence-corrected chi connectivity index (χ0v) is 16.1. The van der Waals surface area contributed by atoms with Crippen molar-refractivity contribution in [3.05, 3.63) is 35.9 Å². The molecule has 0 radical (unpaired) electrons. The summed E-state index contributed by atoms with van der Waals surface area (Å²) in [5.41, 5.74) is 0.923. The van der Waals surface area contributed by atoms with E-state index in [1.54, 1.807) is 0 Å². The summed E-state index contributed by atoms with van der Waals surface area (Å²) >= 11 is 4.68. The second-order valence-corrected chi connectivity index (χ2v) is 7.91. The topological polar surface area (TPSA) is 55.4 Å². The molecule has 1 amide bonds. The number of amides is 1. The first-order valence-electron chi connectivity index (χ1n) is 8.36. The molecule has 1 aromatic rings. The summed E-state index contributed by atoms with van der Waals surface area (Å²) in [6.07, 6.45) is 0.0174. The fourth-order valence-electron chi connectivity index (χ4n) is 2.32. The van der Waals surface area contributed by atoms with Gasteiger partial charge in [-0.05, 0) is 32.3 Å². The minimum absolute atomic E-state index is 0.0108. The van der Waals surface area contributed by atoms with Crippen LogP contribution in [-0.4, -0.2) is 22.7 Å². The lowest BCUT2D eigenvalue weighted by Crippen LogP contribution is -2.47. The quantitative estimate of drug-likeness (QED) is 0.556. The zero-order chi connectivity index (χ0) is 18.3. The number of thiol groups is 1. The molecule has 2 unspecified atom stereocenters. The van der Waals surface area contributed by atoms with E-state index in [0.717, 1.165) is 5.56 Å². The van der Waals surface area contributed by atoms with E-state index in [1.807, 2.05) is 65.0 Å². The Morgan fingerprint density at radius 1 is 1.17 bits per heavy atom. The number of carbonyl (C=O) groups excluding carboxylic acids is 2. The van der Waals surface area contributed by atoms with Crippen molar-refractivity contribution in [1.29, 1.82) is 0 Å². The standard InChI is InChI=1S/C19H29NO3S/c1-13(2)19(5,24)16(18(22)20-14(3)4)11-17(21)23-12-15-9-7-6-8-10-15/h6-10,13-14,16,24H,11-12H2,1-5H3,(H,20,22). The van der Waals surface area contributed by atoms with Gasteiger partial charge in [0.2, 0.25) is 5.91 Å². The Balaban J connectivity index is 2.76. The monoisotopic (exact) mass is 351 g/mol. The van der Waals surface area contributed by atoms with Gasteiger partial charge in [0.1, 0.15) is 6.61 Å². The lowest BCUT2D eigenvalue weighted by molar-refractivity contribution is -0.149. The molecule has 0 heterocycles. The summed E-state index contributed by atoms with van der Waals surface area (Å²) in [7, 11) is 0. The highest BCUT2D eigenvalue weighted by molar-refractivity contribution is 7.81. The summed E-state index contributed by atoms with van der Waals surface area (Å²) in [6, 6.07) is 9.50. The third-order valence-electron chi connectivity index (χ3n) is 4.24. The minimum atomic E-state index is -0.606. The van der Waals surface area contributed by atoms with Crippen molar-refractivity contribution in [2.24, 2.45) is 11.8 Å². The molecular weight excluding hydrogens is 322 g/mol. The lowest BCUT2D eigenvalue weighted by Gasteiger charge is -2.36. The number of benzene rings is 1. The average Bonchev–Trinajstić information content (AvgIpc) is 2.50. The fourth-order valence-corrected chi connectivity index (χ4v) is 2.52. The number of ether oxygens (including phenoxy) is 1. The molecule has 0 bridgehead atoms. The molecule has 0 aliphatic rings. The van der Waals surface area contributed by atoms with Crippen LogP contribution in [0.4, 0.5) is 0 Å². The molecule has 0 fully saturated rings. The maximum atomic E-state index is 12.5. The molecule has 0 spiro atoms. The molecule has 1 aromatic carbocycles. The first-order chi connectivity index (χ1) is 11.1. The van der Waals surface area contributed by atoms with Crippen molar-refractivity contribution in [2.75, 3.05) is 0 Å². The molecule has 1 N–H and O–H groups in total. The first kappa shape index (κ1) is 20.6. The van der Waals surface area contributed by atoms with E-state index in [4.69, 9.17) is 4.74 Å². The van der Waals surface area contributed by atoms with Crippen LogP contribution in [-0.2, 0) is 20.9 Å². The SMILES string of the molecule is CC(C)NC(=O)C(CC(=O)OCc1ccccc1)C(C)(S)C(C)C. The van der Waals surface area contributed by atoms with Gasteiger partial charge in [0.15, 0.2) is 0 Å². The molecule has 0 aliphatic heterocycles. The highest BCUT2D eigenvalue weighted by Crippen LogP contribution is 2.35. The van der Waals surface area contributed by atoms with Gasteiger partial charge in [-0.2, -0.15) is 12.6 Å². The number of esters is 1. The Bertz CT molecular complexity index is 541. The Labute approximate surface area is 150 Å². The number of nitrogens with one attached hydrogen (secondary N) is 1. The van der Waals surface area contributed by atoms with Crippen LogP contribution in [0.1, 0.15) is 46.6 Å². The van der Waals surface area contributed by atoms with Gasteiger partial charge < -0.3 is 10.1 Å². The van der Waals surface area contributed by atoms with Crippen LogP contribution >= 0.6 is 12.6 Å². The van der Waals surface area contributed by atoms with Gasteiger partial charge in [-0.25, -0.2) is 0 Å². The Morgan fingerprint density at radius 3 is 2.25 bits per heavy atom. The van der Waals surface area contributed by atoms with E-state index in [0.29, 0.717) is 0 Å². The third-order valence-corrected chi connectivity index (χ3v) is 5.06. The van der Waals surface area contributed by atoms with Crippen molar-refractivity contribution < 1.29 is 14.3 Å². The molecule has 5 heteroatoms. The second-order valence-electron chi connectivity index (χ2n) is 6.95. The van der Waals surface area contributed by atoms with Gasteiger partial charge in [0, 0.05) is 10.8 Å². The molecule has 0 aliphatic carbocycles. The van der Waals surface area contributed by atoms with Crippen LogP contribution in [0.25, 0.3) is 0 Å². The van der Waals surface area contributed by atoms with Crippen molar-refractivity contribution in [3.63, 3.8) is 0 Å². The minimum Gasteiger partial charge on any atom is -0.461 e. The van der Waals surface area contributed by atoms with Gasteiger partial charge in [0.25, 0.3) is 0 Å². The number of rotatable bonds is 8. The van der Waals surface area contributed by atoms with E-state index < -0.39 is 10.7 Å². The van der Waals surface area contributed by atoms with Gasteiger partial charge in [-0.15, -0.1) is 0 Å². The van der Waals surface area contributed by atoms with Crippen molar-refractivity contribution >= 4 is 24.5 Å². The molecule has 0 saturated heterocycles. The van der Waals surface area contributed by atoms with Crippen LogP contribution in [0.5, 0.6) is 0 Å². The smallest absolute Gasteiger partial charge is 0.306 e. The third kappa shape index (κ3) is 6.19. The molecule has 1 rings (SSSR count). The van der Waals surface area contributed by atoms with E-state index in [2.05, 4.69) is 17.9 Å². The van der Waals surface area contributed by atoms with Crippen LogP contribution in [0.15, 0.2) is 30.3 Å². The molecule has 2 atom stereocenters. The maximum absolute atomic E-state index is 12.5. The van der Waals surface area contributed by atoms with Crippen LogP contribution < -0.4 is 5.32 Å². The van der Waals surface area contributed by atoms with Crippen molar-refractivity contribution in [1.82, 2.24) is 5.32 Å². The fraction of sp³-hybridized carbons (Fsp3) is 0.579. The summed E-state index contributed by atoms with van der Waals surface area (Å²) in [5.74, 6) is -0.964. The second kappa shape index (κ2) is 9.11. The highest BCUT2D eigenvalue weighted by Gasteiger charge is 2.40. The molecule has 0 aromatic heterocycles. The molecule has 0 saturated carbocycles. The van der Waals surface area contributed by atoms with E-state index >= 15 is 0 Å². The predicted molar refractivity (Wildman–Crippen MR) is 99.9 cm³/mol. The molecule has 24 heavy (non-hydrogen) atoms. The van der Waals surface area contributed by atoms with Crippen LogP contribution in [0.2, 0.25) is 0 Å². The van der Waals surface area contributed by atoms with Gasteiger partial charge in [0.05, 0.1) is 12.3 Å². The Morgan fingerprint density at radius 2 is 1.75 bits per heavy atom. The summed E-state index contributed by atoms with van der Waals surface area (Å²) in [4.78, 5) is 24.8. The van der Waals surface area contributed by atoms with Gasteiger partial charge >= 0.3 is 5.97 Å². The number of hydrogen-bond acceptors (Lipinski definition) is 4. The van der Waals surface area contributed by atoms with E-state index in [9.17, 15) is 9.59 Å². The molecule has 4 nitrogen and oxygen atoms in total. The summed E-state index contributed by atoms with van der Waals surface area (Å²) < 4.78 is 4.73. The Hall–Kier alpha value is -1.49. The van der Waals surface area contributed by atoms with E-state index in [1.165, 1.54) is 0 Å². The van der Waals surface area contributed by atoms with E-state index in [-0.39, 0.29) is 36.9 Å². The first-order valence-corrected chi connectivity index (χ1v) is 8.81. The lowest BCUT2D eigenvalue weighted by atomic mass is 9.81. The average molecular weight is 352 g/mol. The summed E-state index contributed by atoms with van der Waals surface area (Å²) in [5, 5.41) is 2.89. The van der Waals surface area contributed by atoms with Gasteiger partial charge in [-0.3, -0.25) is 9.59 Å². The van der Waals surface area contributed by atoms with Crippen molar-refractivity contribution in [3.8, 4) is 0 Å². The highest BCUT2D eigenvalue weighted by atomic mass is 32.1.